The summed E-state index contributed by atoms with van der Waals surface area (Å²) >= 11 is 1.45. The van der Waals surface area contributed by atoms with Gasteiger partial charge in [-0.2, -0.15) is 25.3 Å². The molecule has 0 aromatic rings. The van der Waals surface area contributed by atoms with Crippen LogP contribution in [0.15, 0.2) is 0 Å². The minimum Gasteiger partial charge on any atom is -0.745 e. The molecule has 0 radical (unpaired) electrons. The highest BCUT2D eigenvalue weighted by Gasteiger charge is 2.71. The van der Waals surface area contributed by atoms with E-state index in [2.05, 4.69) is 0 Å². The molecule has 18 heteroatoms. The first-order chi connectivity index (χ1) is 14.4. The van der Waals surface area contributed by atoms with Crippen LogP contribution in [-0.4, -0.2) is 71.4 Å². The summed E-state index contributed by atoms with van der Waals surface area (Å²) in [4.78, 5) is 11.7. The third kappa shape index (κ3) is 6.84. The van der Waals surface area contributed by atoms with Crippen LogP contribution >= 0.6 is 0 Å². The Morgan fingerprint density at radius 1 is 0.781 bits per heavy atom. The lowest BCUT2D eigenvalue weighted by atomic mass is 9.91. The van der Waals surface area contributed by atoms with Crippen molar-refractivity contribution in [2.75, 3.05) is 5.75 Å². The predicted molar refractivity (Wildman–Crippen MR) is 115 cm³/mol. The van der Waals surface area contributed by atoms with Gasteiger partial charge in [-0.15, -0.1) is 0 Å². The molecule has 0 bridgehead atoms. The molecule has 0 amide bonds. The first kappa shape index (κ1) is 29.7. The fourth-order valence-corrected chi connectivity index (χ4v) is 11.5. The van der Waals surface area contributed by atoms with Gasteiger partial charge in [0.1, 0.15) is 5.75 Å². The van der Waals surface area contributed by atoms with Crippen molar-refractivity contribution in [3.05, 3.63) is 0 Å². The highest BCUT2D eigenvalue weighted by Crippen LogP contribution is 2.34. The van der Waals surface area contributed by atoms with Gasteiger partial charge in [-0.05, 0) is 37.4 Å². The number of hydrogen-bond acceptors (Lipinski definition) is 10. The van der Waals surface area contributed by atoms with Crippen molar-refractivity contribution < 1.29 is 56.7 Å². The third-order valence-electron chi connectivity index (χ3n) is 5.09. The lowest BCUT2D eigenvalue weighted by Gasteiger charge is -2.26. The summed E-state index contributed by atoms with van der Waals surface area (Å²) in [6.45, 7) is 0. The molecule has 2 rings (SSSR count). The summed E-state index contributed by atoms with van der Waals surface area (Å²) < 4.78 is 113. The molecule has 2 aliphatic rings. The predicted octanol–water partition coefficient (Wildman–Crippen LogP) is -0.300. The van der Waals surface area contributed by atoms with Crippen LogP contribution in [0.25, 0.3) is 0 Å². The van der Waals surface area contributed by atoms with E-state index in [-0.39, 0.29) is 0 Å². The molecule has 1 unspecified atom stereocenters. The first-order valence-corrected chi connectivity index (χ1v) is 16.3. The van der Waals surface area contributed by atoms with Crippen molar-refractivity contribution in [2.45, 2.75) is 65.8 Å². The lowest BCUT2D eigenvalue weighted by Crippen LogP contribution is -2.57. The average Bonchev–Trinajstić information content (AvgIpc) is 2.57. The van der Waals surface area contributed by atoms with Crippen LogP contribution in [-0.2, 0) is 57.0 Å². The van der Waals surface area contributed by atoms with E-state index >= 15 is 0 Å². The monoisotopic (exact) mass is 562 g/mol. The molecule has 0 aromatic heterocycles. The van der Waals surface area contributed by atoms with Crippen molar-refractivity contribution in [3.63, 3.8) is 0 Å². The van der Waals surface area contributed by atoms with Crippen molar-refractivity contribution in [2.24, 2.45) is 5.92 Å². The fourth-order valence-electron chi connectivity index (χ4n) is 3.59. The second-order valence-electron chi connectivity index (χ2n) is 7.48. The van der Waals surface area contributed by atoms with Gasteiger partial charge in [-0.25, -0.2) is 8.42 Å². The van der Waals surface area contributed by atoms with E-state index in [9.17, 15) is 43.0 Å². The molecule has 0 heterocycles. The Labute approximate surface area is 191 Å². The van der Waals surface area contributed by atoms with Gasteiger partial charge in [0, 0.05) is 18.8 Å². The Hall–Kier alpha value is -0.340. The van der Waals surface area contributed by atoms with Gasteiger partial charge >= 0.3 is 33.1 Å². The van der Waals surface area contributed by atoms with E-state index in [1.165, 1.54) is 62.5 Å². The summed E-state index contributed by atoms with van der Waals surface area (Å²) in [5, 5.41) is 0.417. The highest BCUT2D eigenvalue weighted by atomic mass is 32.4. The van der Waals surface area contributed by atoms with Crippen LogP contribution in [0.2, 0.25) is 0 Å². The van der Waals surface area contributed by atoms with E-state index in [4.69, 9.17) is 13.7 Å². The zero-order chi connectivity index (χ0) is 25.0. The van der Waals surface area contributed by atoms with Crippen LogP contribution in [0.1, 0.15) is 57.8 Å². The molecule has 0 saturated heterocycles. The van der Waals surface area contributed by atoms with Crippen molar-refractivity contribution in [1.82, 2.24) is 0 Å². The number of thiol groups is 1. The number of rotatable bonds is 7. The van der Waals surface area contributed by atoms with E-state index in [0.717, 1.165) is 18.8 Å². The molecule has 1 atom stereocenters. The molecule has 0 spiro atoms. The normalized spacial score (nSPS) is 22.1. The van der Waals surface area contributed by atoms with E-state index in [1.807, 2.05) is 0 Å². The highest BCUT2D eigenvalue weighted by molar-refractivity contribution is 8.35. The standard InChI is InChI=1S/C13H22OS.CH4O12S4/c14-12-8-4-5-9-13(12)15-10-11-6-2-1-3-7-11;2-14(3,4)1(15(5,6)7,16(8,9)10)17(11,12)13/h11,13H,1-10H2;(H,2,3,4)(H,5,6,7)(H,8,9,10)(H,11,12,13). The zero-order valence-corrected chi connectivity index (χ0v) is 20.9. The number of carbonyl (C=O) groups is 1. The van der Waals surface area contributed by atoms with Gasteiger partial charge in [-0.3, -0.25) is 18.5 Å². The van der Waals surface area contributed by atoms with Crippen LogP contribution in [0.5, 0.6) is 0 Å². The Morgan fingerprint density at radius 3 is 1.56 bits per heavy atom. The van der Waals surface area contributed by atoms with Crippen LogP contribution in [0.4, 0.5) is 0 Å². The number of carbonyl (C=O) groups excluding carboxylic acids is 1. The largest absolute Gasteiger partial charge is 0.745 e. The van der Waals surface area contributed by atoms with E-state index in [1.54, 1.807) is 0 Å². The van der Waals surface area contributed by atoms with E-state index < -0.39 is 43.2 Å². The molecular weight excluding hydrogens is 536 g/mol. The maximum Gasteiger partial charge on any atom is 0.431 e. The van der Waals surface area contributed by atoms with Gasteiger partial charge < -0.3 is 4.55 Å². The quantitative estimate of drug-likeness (QED) is 0.205. The maximum absolute atomic E-state index is 11.7. The van der Waals surface area contributed by atoms with Crippen molar-refractivity contribution in [3.8, 4) is 0 Å². The molecule has 2 aliphatic carbocycles. The van der Waals surface area contributed by atoms with Gasteiger partial charge in [0.15, 0.2) is 21.2 Å². The van der Waals surface area contributed by atoms with Crippen LogP contribution < -0.4 is 0 Å². The molecule has 32 heavy (non-hydrogen) atoms. The number of ketones is 1. The summed E-state index contributed by atoms with van der Waals surface area (Å²) in [6, 6.07) is 0. The number of Topliss-reactive ketones (excluding diaryl/α,β-unsaturated/α-hetero) is 1. The van der Waals surface area contributed by atoms with E-state index in [0.29, 0.717) is 11.0 Å². The van der Waals surface area contributed by atoms with Crippen molar-refractivity contribution in [1.29, 1.82) is 0 Å². The summed E-state index contributed by atoms with van der Waals surface area (Å²) in [7, 11) is -27.3. The fraction of sp³-hybridized carbons (Fsp3) is 0.929. The summed E-state index contributed by atoms with van der Waals surface area (Å²) in [6.07, 6.45) is 11.6. The summed E-state index contributed by atoms with van der Waals surface area (Å²) in [5.74, 6) is 2.80. The Balaban J connectivity index is 0.000000321. The second kappa shape index (κ2) is 10.9. The number of hydrogen-bond donors (Lipinski definition) is 3. The third-order valence-corrected chi connectivity index (χ3v) is 16.8. The molecule has 190 valence electrons. The average molecular weight is 563 g/mol. The van der Waals surface area contributed by atoms with Gasteiger partial charge in [0.05, 0.1) is 0 Å². The Kier molecular flexibility index (Phi) is 10.1. The maximum atomic E-state index is 11.7. The van der Waals surface area contributed by atoms with Gasteiger partial charge in [0.25, 0.3) is 0 Å². The first-order valence-electron chi connectivity index (χ1n) is 9.42. The molecule has 0 aliphatic heterocycles. The molecule has 3 N–H and O–H groups in total. The van der Waals surface area contributed by atoms with Gasteiger partial charge in [0.2, 0.25) is 0 Å². The molecule has 0 aromatic carbocycles. The summed E-state index contributed by atoms with van der Waals surface area (Å²) in [5.41, 5.74) is 0. The lowest BCUT2D eigenvalue weighted by molar-refractivity contribution is -0.119. The van der Waals surface area contributed by atoms with Crippen LogP contribution in [0.3, 0.4) is 0 Å². The topological polar surface area (TPSA) is 237 Å². The zero-order valence-electron chi connectivity index (χ0n) is 16.7. The van der Waals surface area contributed by atoms with Gasteiger partial charge in [-0.1, -0.05) is 19.3 Å². The van der Waals surface area contributed by atoms with Crippen LogP contribution in [0, 0.1) is 5.92 Å². The molecule has 2 saturated carbocycles. The Bertz CT molecular complexity index is 950. The molecule has 13 nitrogen and oxygen atoms in total. The SMILES string of the molecule is O=C1CCCCC1[SH+]CC1CCCCC1.O=S(=O)([O-])C(S(=O)(=O)O)(S(=O)(=O)O)S(=O)(=O)O. The Morgan fingerprint density at radius 2 is 1.22 bits per heavy atom. The molecule has 2 fully saturated rings. The smallest absolute Gasteiger partial charge is 0.431 e. The minimum absolute atomic E-state index is 0.417. The van der Waals surface area contributed by atoms with Crippen molar-refractivity contribution >= 4 is 58.0 Å². The molecular formula is C14H26O13S5. The second-order valence-corrected chi connectivity index (χ2v) is 16.6. The minimum atomic E-state index is -6.96.